The molecule has 0 radical (unpaired) electrons. The minimum absolute atomic E-state index is 0.351. The van der Waals surface area contributed by atoms with Gasteiger partial charge in [0.2, 0.25) is 4.43 Å². The van der Waals surface area contributed by atoms with Crippen LogP contribution < -0.4 is 21.2 Å². The van der Waals surface area contributed by atoms with E-state index in [9.17, 15) is 69.5 Å². The van der Waals surface area contributed by atoms with Crippen molar-refractivity contribution < 1.29 is 90.7 Å². The van der Waals surface area contributed by atoms with Crippen molar-refractivity contribution in [2.24, 2.45) is 0 Å². The molecule has 20 heteroatoms. The van der Waals surface area contributed by atoms with E-state index in [-0.39, 0.29) is 0 Å². The van der Waals surface area contributed by atoms with E-state index in [0.29, 0.717) is 3.57 Å². The molecule has 0 atom stereocenters. The van der Waals surface area contributed by atoms with Gasteiger partial charge in [0.15, 0.2) is 23.6 Å². The highest BCUT2D eigenvalue weighted by molar-refractivity contribution is 8.13. The normalized spacial score (nSPS) is 14.1. The van der Waals surface area contributed by atoms with Crippen molar-refractivity contribution in [2.45, 2.75) is 23.1 Å². The summed E-state index contributed by atoms with van der Waals surface area (Å²) >= 11 is -1.48. The molecule has 0 aliphatic rings. The van der Waals surface area contributed by atoms with Crippen LogP contribution in [0, 0.1) is 9.39 Å². The molecule has 0 spiro atoms. The van der Waals surface area contributed by atoms with Crippen LogP contribution in [0.25, 0.3) is 4.13 Å². The average Bonchev–Trinajstić information content (AvgIpc) is 2.51. The fourth-order valence-electron chi connectivity index (χ4n) is 0.969. The third-order valence-electron chi connectivity index (χ3n) is 2.39. The molecule has 31 heavy (non-hydrogen) atoms. The zero-order valence-electron chi connectivity index (χ0n) is 13.8. The highest BCUT2D eigenvalue weighted by atomic mass is 127. The van der Waals surface area contributed by atoms with E-state index in [1.54, 1.807) is 0 Å². The zero-order valence-corrected chi connectivity index (χ0v) is 17.6. The molecule has 1 rings (SSSR count). The number of rotatable bonds is 5. The van der Waals surface area contributed by atoms with Crippen LogP contribution in [0.2, 0.25) is 0 Å². The summed E-state index contributed by atoms with van der Waals surface area (Å²) < 4.78 is 181. The Balaban J connectivity index is 0.000000582. The van der Waals surface area contributed by atoms with Gasteiger partial charge in [0.05, 0.1) is 0 Å². The van der Waals surface area contributed by atoms with E-state index in [1.165, 1.54) is 12.1 Å². The Morgan fingerprint density at radius 1 is 0.710 bits per heavy atom. The summed E-state index contributed by atoms with van der Waals surface area (Å²) in [4.78, 5) is 0. The Kier molecular flexibility index (Phi) is 9.52. The summed E-state index contributed by atoms with van der Waals surface area (Å²) in [6.07, 6.45) is -5.51. The number of halogens is 13. The first-order valence-electron chi connectivity index (χ1n) is 6.59. The van der Waals surface area contributed by atoms with Crippen LogP contribution in [0.15, 0.2) is 24.3 Å². The SMILES string of the molecule is Fc1ccc([I+]CC(F)(F)C(F)(F)F)cc1.O=S(=O)([N-]S(=O)(=O)C(F)(F)F)C(F)(F)F. The second-order valence-electron chi connectivity index (χ2n) is 4.82. The molecule has 0 saturated heterocycles. The van der Waals surface area contributed by atoms with E-state index >= 15 is 0 Å². The molecule has 0 saturated carbocycles. The number of hydrogen-bond donors (Lipinski definition) is 0. The summed E-state index contributed by atoms with van der Waals surface area (Å²) in [5, 5.41) is 0. The van der Waals surface area contributed by atoms with Gasteiger partial charge in [-0.05, 0) is 24.3 Å². The lowest BCUT2D eigenvalue weighted by Crippen LogP contribution is -3.63. The molecule has 1 aromatic carbocycles. The summed E-state index contributed by atoms with van der Waals surface area (Å²) in [6.45, 7) is 0. The predicted molar refractivity (Wildman–Crippen MR) is 74.3 cm³/mol. The van der Waals surface area contributed by atoms with Gasteiger partial charge < -0.3 is 4.13 Å². The van der Waals surface area contributed by atoms with Gasteiger partial charge in [-0.25, -0.2) is 21.2 Å². The molecule has 5 nitrogen and oxygen atoms in total. The van der Waals surface area contributed by atoms with Gasteiger partial charge >= 0.3 is 44.3 Å². The molecule has 182 valence electrons. The van der Waals surface area contributed by atoms with E-state index in [0.717, 1.165) is 16.3 Å². The van der Waals surface area contributed by atoms with Gasteiger partial charge in [0, 0.05) is 0 Å². The fourth-order valence-corrected chi connectivity index (χ4v) is 4.90. The molecule has 0 amide bonds. The van der Waals surface area contributed by atoms with E-state index in [2.05, 4.69) is 0 Å². The number of benzene rings is 1. The first-order chi connectivity index (χ1) is 13.4. The van der Waals surface area contributed by atoms with Gasteiger partial charge in [-0.2, -0.15) is 48.3 Å². The van der Waals surface area contributed by atoms with Crippen molar-refractivity contribution in [3.05, 3.63) is 37.8 Å². The average molecular weight is 635 g/mol. The number of alkyl halides is 12. The van der Waals surface area contributed by atoms with Crippen LogP contribution in [0.3, 0.4) is 0 Å². The Morgan fingerprint density at radius 3 is 1.35 bits per heavy atom. The van der Waals surface area contributed by atoms with Crippen molar-refractivity contribution in [2.75, 3.05) is 4.43 Å². The molecular weight excluding hydrogens is 629 g/mol. The van der Waals surface area contributed by atoms with E-state index in [1.807, 2.05) is 0 Å². The first-order valence-corrected chi connectivity index (χ1v) is 12.1. The van der Waals surface area contributed by atoms with Gasteiger partial charge in [-0.1, -0.05) is 0 Å². The number of nitrogens with zero attached hydrogens (tertiary/aromatic N) is 1. The zero-order chi connectivity index (χ0) is 25.1. The predicted octanol–water partition coefficient (Wildman–Crippen LogP) is 1.34. The van der Waals surface area contributed by atoms with Crippen molar-refractivity contribution in [1.82, 2.24) is 0 Å². The minimum atomic E-state index is -6.72. The number of hydrogen-bond acceptors (Lipinski definition) is 4. The molecule has 0 aliphatic heterocycles. The second kappa shape index (κ2) is 9.85. The summed E-state index contributed by atoms with van der Waals surface area (Å²) in [5.41, 5.74) is -12.4. The van der Waals surface area contributed by atoms with Crippen molar-refractivity contribution in [1.29, 1.82) is 0 Å². The maximum atomic E-state index is 12.5. The van der Waals surface area contributed by atoms with Crippen LogP contribution in [-0.4, -0.2) is 44.4 Å². The van der Waals surface area contributed by atoms with Gasteiger partial charge in [0.25, 0.3) is 0 Å². The molecule has 1 aromatic rings. The van der Waals surface area contributed by atoms with Gasteiger partial charge in [-0.3, -0.25) is 0 Å². The van der Waals surface area contributed by atoms with Crippen LogP contribution in [0.1, 0.15) is 0 Å². The molecule has 0 bridgehead atoms. The lowest BCUT2D eigenvalue weighted by molar-refractivity contribution is -0.651. The van der Waals surface area contributed by atoms with Crippen LogP contribution >= 0.6 is 0 Å². The maximum Gasteiger partial charge on any atom is 0.480 e. The molecule has 0 fully saturated rings. The van der Waals surface area contributed by atoms with E-state index < -0.39 is 74.6 Å². The molecular formula is C11H6F12INO4S2. The molecule has 0 aromatic heterocycles. The van der Waals surface area contributed by atoms with Crippen molar-refractivity contribution >= 4 is 20.0 Å². The Morgan fingerprint density at radius 2 is 1.06 bits per heavy atom. The molecule has 0 aliphatic carbocycles. The molecule has 0 unspecified atom stereocenters. The van der Waals surface area contributed by atoms with Crippen LogP contribution in [-0.2, 0) is 20.0 Å². The quantitative estimate of drug-likeness (QED) is 0.278. The van der Waals surface area contributed by atoms with Gasteiger partial charge in [0.1, 0.15) is 5.82 Å². The monoisotopic (exact) mass is 635 g/mol. The minimum Gasteiger partial charge on any atom is -0.421 e. The largest absolute Gasteiger partial charge is 0.480 e. The lowest BCUT2D eigenvalue weighted by atomic mass is 10.4. The van der Waals surface area contributed by atoms with Crippen molar-refractivity contribution in [3.63, 3.8) is 0 Å². The Labute approximate surface area is 176 Å². The second-order valence-corrected chi connectivity index (χ2v) is 11.0. The fraction of sp³-hybridized carbons (Fsp3) is 0.455. The highest BCUT2D eigenvalue weighted by Gasteiger charge is 2.61. The van der Waals surface area contributed by atoms with Crippen LogP contribution in [0.5, 0.6) is 0 Å². The third kappa shape index (κ3) is 9.16. The van der Waals surface area contributed by atoms with Gasteiger partial charge in [-0.15, -0.1) is 0 Å². The third-order valence-corrected chi connectivity index (χ3v) is 8.07. The molecule has 0 N–H and O–H groups in total. The lowest BCUT2D eigenvalue weighted by Gasteiger charge is -2.22. The Hall–Kier alpha value is -1.03. The summed E-state index contributed by atoms with van der Waals surface area (Å²) in [5.74, 6) is -5.20. The first kappa shape index (κ1) is 30.0. The summed E-state index contributed by atoms with van der Waals surface area (Å²) in [7, 11) is -13.4. The highest BCUT2D eigenvalue weighted by Crippen LogP contribution is 2.36. The maximum absolute atomic E-state index is 12.5. The summed E-state index contributed by atoms with van der Waals surface area (Å²) in [6, 6.07) is 4.55. The topological polar surface area (TPSA) is 82.4 Å². The van der Waals surface area contributed by atoms with E-state index in [4.69, 9.17) is 0 Å². The van der Waals surface area contributed by atoms with Crippen LogP contribution in [0.4, 0.5) is 52.7 Å². The Bertz CT molecular complexity index is 895. The standard InChI is InChI=1S/C9H6F6I.C2F6NO4S2/c10-6-1-3-7(4-2-6)16-5-8(11,12)9(13,14)15;3-1(4,5)14(10,11)9-15(12,13)2(6,7)8/h1-4H,5H2;/q+1;-1. The molecule has 0 heterocycles. The van der Waals surface area contributed by atoms with Crippen molar-refractivity contribution in [3.8, 4) is 0 Å². The smallest absolute Gasteiger partial charge is 0.421 e. The number of sulfonamides is 2.